The Morgan fingerprint density at radius 3 is 2.78 bits per heavy atom. The van der Waals surface area contributed by atoms with Gasteiger partial charge in [-0.1, -0.05) is 0 Å². The summed E-state index contributed by atoms with van der Waals surface area (Å²) in [6.07, 6.45) is 1.56. The van der Waals surface area contributed by atoms with Crippen LogP contribution in [0.1, 0.15) is 34.6 Å². The Labute approximate surface area is 108 Å². The van der Waals surface area contributed by atoms with Gasteiger partial charge in [-0.2, -0.15) is 0 Å². The number of ketones is 1. The maximum Gasteiger partial charge on any atom is 0.178 e. The minimum atomic E-state index is -0.273. The van der Waals surface area contributed by atoms with Gasteiger partial charge in [0.25, 0.3) is 0 Å². The van der Waals surface area contributed by atoms with E-state index in [1.165, 1.54) is 0 Å². The zero-order chi connectivity index (χ0) is 13.3. The van der Waals surface area contributed by atoms with Crippen LogP contribution in [0, 0.1) is 13.8 Å². The highest BCUT2D eigenvalue weighted by Gasteiger charge is 2.22. The number of hydrogen-bond donors (Lipinski definition) is 1. The minimum absolute atomic E-state index is 0.158. The summed E-state index contributed by atoms with van der Waals surface area (Å²) in [4.78, 5) is 14.3. The van der Waals surface area contributed by atoms with Crippen LogP contribution in [-0.2, 0) is 7.05 Å². The summed E-state index contributed by atoms with van der Waals surface area (Å²) in [5.41, 5.74) is 2.94. The topological polar surface area (TPSA) is 45.5 Å². The number of hydrogen-bond acceptors (Lipinski definition) is 3. The van der Waals surface area contributed by atoms with Crippen molar-refractivity contribution in [1.82, 2.24) is 9.47 Å². The first-order valence-electron chi connectivity index (χ1n) is 6.55. The molecule has 100 valence electrons. The van der Waals surface area contributed by atoms with Gasteiger partial charge in [0.2, 0.25) is 0 Å². The minimum Gasteiger partial charge on any atom is -0.392 e. The summed E-state index contributed by atoms with van der Waals surface area (Å²) in [5.74, 6) is 0.158. The van der Waals surface area contributed by atoms with Gasteiger partial charge in [-0.15, -0.1) is 0 Å². The van der Waals surface area contributed by atoms with Crippen molar-refractivity contribution in [2.24, 2.45) is 7.05 Å². The van der Waals surface area contributed by atoms with Gasteiger partial charge in [0.05, 0.1) is 12.6 Å². The fourth-order valence-corrected chi connectivity index (χ4v) is 2.60. The van der Waals surface area contributed by atoms with Gasteiger partial charge < -0.3 is 9.67 Å². The average Bonchev–Trinajstić information content (AvgIpc) is 2.57. The molecule has 2 rings (SSSR count). The largest absolute Gasteiger partial charge is 0.392 e. The van der Waals surface area contributed by atoms with Crippen molar-refractivity contribution in [3.8, 4) is 0 Å². The SMILES string of the molecule is Cc1cc(C(=O)CN2CCCC(O)C2)c(C)n1C. The van der Waals surface area contributed by atoms with E-state index in [-0.39, 0.29) is 11.9 Å². The number of aliphatic hydroxyl groups excluding tert-OH is 1. The van der Waals surface area contributed by atoms with Crippen molar-refractivity contribution < 1.29 is 9.90 Å². The van der Waals surface area contributed by atoms with Gasteiger partial charge in [0.1, 0.15) is 0 Å². The molecule has 0 amide bonds. The smallest absolute Gasteiger partial charge is 0.178 e. The van der Waals surface area contributed by atoms with Crippen molar-refractivity contribution in [1.29, 1.82) is 0 Å². The number of piperidine rings is 1. The number of aryl methyl sites for hydroxylation is 1. The molecule has 4 heteroatoms. The molecule has 1 unspecified atom stereocenters. The van der Waals surface area contributed by atoms with Crippen LogP contribution in [0.3, 0.4) is 0 Å². The van der Waals surface area contributed by atoms with E-state index in [4.69, 9.17) is 0 Å². The Balaban J connectivity index is 2.05. The van der Waals surface area contributed by atoms with Gasteiger partial charge in [0.15, 0.2) is 5.78 Å². The summed E-state index contributed by atoms with van der Waals surface area (Å²) < 4.78 is 2.04. The van der Waals surface area contributed by atoms with Crippen molar-refractivity contribution >= 4 is 5.78 Å². The predicted octanol–water partition coefficient (Wildman–Crippen LogP) is 1.28. The maximum absolute atomic E-state index is 12.3. The van der Waals surface area contributed by atoms with E-state index >= 15 is 0 Å². The van der Waals surface area contributed by atoms with E-state index < -0.39 is 0 Å². The number of nitrogens with zero attached hydrogens (tertiary/aromatic N) is 2. The molecule has 0 aliphatic carbocycles. The van der Waals surface area contributed by atoms with Crippen LogP contribution in [0.15, 0.2) is 6.07 Å². The summed E-state index contributed by atoms with van der Waals surface area (Å²) in [6, 6.07) is 1.96. The summed E-state index contributed by atoms with van der Waals surface area (Å²) >= 11 is 0. The molecule has 1 aliphatic heterocycles. The number of aliphatic hydroxyl groups is 1. The Morgan fingerprint density at radius 1 is 1.50 bits per heavy atom. The Bertz CT molecular complexity index is 451. The number of Topliss-reactive ketones (excluding diaryl/α,β-unsaturated/α-hetero) is 1. The summed E-state index contributed by atoms with van der Waals surface area (Å²) in [6.45, 7) is 5.94. The Hall–Kier alpha value is -1.13. The third-order valence-electron chi connectivity index (χ3n) is 3.92. The number of carbonyl (C=O) groups excluding carboxylic acids is 1. The van der Waals surface area contributed by atoms with Crippen LogP contribution in [-0.4, -0.2) is 46.1 Å². The molecular formula is C14H22N2O2. The van der Waals surface area contributed by atoms with Gasteiger partial charge in [-0.3, -0.25) is 9.69 Å². The highest BCUT2D eigenvalue weighted by Crippen LogP contribution is 2.16. The first-order valence-corrected chi connectivity index (χ1v) is 6.55. The molecule has 0 aromatic carbocycles. The standard InChI is InChI=1S/C14H22N2O2/c1-10-7-13(11(2)15(10)3)14(18)9-16-6-4-5-12(17)8-16/h7,12,17H,4-6,8-9H2,1-3H3. The van der Waals surface area contributed by atoms with Crippen molar-refractivity contribution in [2.75, 3.05) is 19.6 Å². The third kappa shape index (κ3) is 2.65. The first kappa shape index (κ1) is 13.3. The van der Waals surface area contributed by atoms with E-state index in [0.717, 1.165) is 36.3 Å². The van der Waals surface area contributed by atoms with Crippen LogP contribution < -0.4 is 0 Å². The lowest BCUT2D eigenvalue weighted by Crippen LogP contribution is -2.41. The van der Waals surface area contributed by atoms with E-state index in [2.05, 4.69) is 4.90 Å². The molecule has 2 heterocycles. The second-order valence-electron chi connectivity index (χ2n) is 5.30. The summed E-state index contributed by atoms with van der Waals surface area (Å²) in [5, 5.41) is 9.61. The Kier molecular flexibility index (Phi) is 3.88. The number of likely N-dealkylation sites (tertiary alicyclic amines) is 1. The van der Waals surface area contributed by atoms with Crippen LogP contribution >= 0.6 is 0 Å². The average molecular weight is 250 g/mol. The molecule has 1 atom stereocenters. The van der Waals surface area contributed by atoms with Crippen LogP contribution in [0.25, 0.3) is 0 Å². The Morgan fingerprint density at radius 2 is 2.22 bits per heavy atom. The van der Waals surface area contributed by atoms with E-state index in [0.29, 0.717) is 13.1 Å². The fourth-order valence-electron chi connectivity index (χ4n) is 2.60. The van der Waals surface area contributed by atoms with Gasteiger partial charge in [-0.05, 0) is 39.3 Å². The molecule has 0 spiro atoms. The third-order valence-corrected chi connectivity index (χ3v) is 3.92. The maximum atomic E-state index is 12.3. The molecule has 1 aromatic rings. The molecule has 1 saturated heterocycles. The lowest BCUT2D eigenvalue weighted by Gasteiger charge is -2.29. The summed E-state index contributed by atoms with van der Waals surface area (Å²) in [7, 11) is 1.98. The number of rotatable bonds is 3. The predicted molar refractivity (Wildman–Crippen MR) is 70.9 cm³/mol. The molecule has 0 saturated carbocycles. The molecule has 1 fully saturated rings. The molecule has 1 aromatic heterocycles. The lowest BCUT2D eigenvalue weighted by atomic mass is 10.1. The van der Waals surface area contributed by atoms with Crippen molar-refractivity contribution in [3.05, 3.63) is 23.0 Å². The molecular weight excluding hydrogens is 228 g/mol. The molecule has 4 nitrogen and oxygen atoms in total. The quantitative estimate of drug-likeness (QED) is 0.822. The molecule has 0 radical (unpaired) electrons. The first-order chi connectivity index (χ1) is 8.49. The van der Waals surface area contributed by atoms with E-state index in [1.54, 1.807) is 0 Å². The van der Waals surface area contributed by atoms with Gasteiger partial charge >= 0.3 is 0 Å². The van der Waals surface area contributed by atoms with Crippen molar-refractivity contribution in [2.45, 2.75) is 32.8 Å². The highest BCUT2D eigenvalue weighted by atomic mass is 16.3. The second-order valence-corrected chi connectivity index (χ2v) is 5.30. The van der Waals surface area contributed by atoms with Crippen LogP contribution in [0.5, 0.6) is 0 Å². The second kappa shape index (κ2) is 5.24. The molecule has 18 heavy (non-hydrogen) atoms. The number of carbonyl (C=O) groups is 1. The zero-order valence-corrected chi connectivity index (χ0v) is 11.4. The van der Waals surface area contributed by atoms with E-state index in [1.807, 2.05) is 31.5 Å². The monoisotopic (exact) mass is 250 g/mol. The van der Waals surface area contributed by atoms with E-state index in [9.17, 15) is 9.90 Å². The molecule has 1 N–H and O–H groups in total. The van der Waals surface area contributed by atoms with Crippen LogP contribution in [0.4, 0.5) is 0 Å². The molecule has 0 bridgehead atoms. The number of aromatic nitrogens is 1. The van der Waals surface area contributed by atoms with Crippen molar-refractivity contribution in [3.63, 3.8) is 0 Å². The number of β-amino-alcohol motifs (C(OH)–C–C–N with tert-alkyl or cyclic N) is 1. The lowest BCUT2D eigenvalue weighted by molar-refractivity contribution is 0.0634. The highest BCUT2D eigenvalue weighted by molar-refractivity contribution is 5.99. The normalized spacial score (nSPS) is 21.2. The zero-order valence-electron chi connectivity index (χ0n) is 11.4. The van der Waals surface area contributed by atoms with Crippen LogP contribution in [0.2, 0.25) is 0 Å². The van der Waals surface area contributed by atoms with Gasteiger partial charge in [0, 0.05) is 30.5 Å². The fraction of sp³-hybridized carbons (Fsp3) is 0.643. The van der Waals surface area contributed by atoms with Gasteiger partial charge in [-0.25, -0.2) is 0 Å². The molecule has 1 aliphatic rings.